The smallest absolute Gasteiger partial charge is 0.126 e. The van der Waals surface area contributed by atoms with Gasteiger partial charge in [0.25, 0.3) is 0 Å². The van der Waals surface area contributed by atoms with Crippen LogP contribution in [0.25, 0.3) is 0 Å². The van der Waals surface area contributed by atoms with Gasteiger partial charge in [0, 0.05) is 24.6 Å². The Labute approximate surface area is 113 Å². The first kappa shape index (κ1) is 14.4. The first-order valence-electron chi connectivity index (χ1n) is 6.88. The number of rotatable bonds is 5. The fourth-order valence-electron chi connectivity index (χ4n) is 3.00. The minimum absolute atomic E-state index is 0.189. The van der Waals surface area contributed by atoms with E-state index in [0.29, 0.717) is 17.9 Å². The molecule has 0 aromatic heterocycles. The van der Waals surface area contributed by atoms with Gasteiger partial charge in [-0.2, -0.15) is 0 Å². The van der Waals surface area contributed by atoms with Crippen LogP contribution in [-0.2, 0) is 11.2 Å². The maximum atomic E-state index is 13.2. The Morgan fingerprint density at radius 3 is 2.58 bits per heavy atom. The largest absolute Gasteiger partial charge is 0.378 e. The van der Waals surface area contributed by atoms with Gasteiger partial charge in [0.2, 0.25) is 0 Å². The van der Waals surface area contributed by atoms with E-state index in [0.717, 1.165) is 25.5 Å². The van der Waals surface area contributed by atoms with Crippen molar-refractivity contribution in [2.45, 2.75) is 38.3 Å². The second-order valence-corrected chi connectivity index (χ2v) is 5.15. The molecule has 0 bridgehead atoms. The summed E-state index contributed by atoms with van der Waals surface area (Å²) in [6.45, 7) is 2.89. The maximum Gasteiger partial charge on any atom is 0.126 e. The maximum absolute atomic E-state index is 13.2. The van der Waals surface area contributed by atoms with E-state index in [9.17, 15) is 8.78 Å². The van der Waals surface area contributed by atoms with Gasteiger partial charge in [0.15, 0.2) is 0 Å². The van der Waals surface area contributed by atoms with Gasteiger partial charge in [-0.05, 0) is 44.0 Å². The lowest BCUT2D eigenvalue weighted by atomic mass is 9.87. The van der Waals surface area contributed by atoms with Gasteiger partial charge >= 0.3 is 0 Å². The van der Waals surface area contributed by atoms with Gasteiger partial charge in [-0.25, -0.2) is 8.78 Å². The van der Waals surface area contributed by atoms with Crippen LogP contribution in [0.2, 0.25) is 0 Å². The number of halogens is 2. The van der Waals surface area contributed by atoms with Gasteiger partial charge in [-0.1, -0.05) is 6.92 Å². The Morgan fingerprint density at radius 1 is 1.32 bits per heavy atom. The molecule has 1 fully saturated rings. The number of ether oxygens (including phenoxy) is 1. The van der Waals surface area contributed by atoms with Crippen molar-refractivity contribution in [1.82, 2.24) is 5.32 Å². The van der Waals surface area contributed by atoms with Crippen LogP contribution in [0.4, 0.5) is 8.78 Å². The molecule has 106 valence electrons. The molecule has 3 unspecified atom stereocenters. The number of nitrogens with one attached hydrogen (secondary N) is 1. The zero-order valence-electron chi connectivity index (χ0n) is 11.5. The normalized spacial score (nSPS) is 24.6. The van der Waals surface area contributed by atoms with Crippen molar-refractivity contribution in [3.05, 3.63) is 35.4 Å². The Kier molecular flexibility index (Phi) is 4.88. The Hall–Kier alpha value is -1.00. The summed E-state index contributed by atoms with van der Waals surface area (Å²) in [5, 5.41) is 3.27. The molecule has 0 spiro atoms. The molecule has 0 aliphatic carbocycles. The van der Waals surface area contributed by atoms with Crippen molar-refractivity contribution >= 4 is 0 Å². The first-order chi connectivity index (χ1) is 9.13. The quantitative estimate of drug-likeness (QED) is 0.887. The lowest BCUT2D eigenvalue weighted by Crippen LogP contribution is -2.39. The average Bonchev–Trinajstić information content (AvgIpc) is 2.82. The van der Waals surface area contributed by atoms with E-state index < -0.39 is 11.6 Å². The minimum atomic E-state index is -0.514. The molecule has 2 rings (SSSR count). The molecular formula is C15H21F2NO. The molecule has 2 nitrogen and oxygen atoms in total. The minimum Gasteiger partial charge on any atom is -0.378 e. The molecular weight excluding hydrogens is 248 g/mol. The van der Waals surface area contributed by atoms with Crippen molar-refractivity contribution in [3.63, 3.8) is 0 Å². The Bertz CT molecular complexity index is 404. The third kappa shape index (κ3) is 3.51. The second kappa shape index (κ2) is 6.44. The predicted molar refractivity (Wildman–Crippen MR) is 71.0 cm³/mol. The Balaban J connectivity index is 2.10. The highest BCUT2D eigenvalue weighted by Crippen LogP contribution is 2.28. The van der Waals surface area contributed by atoms with Gasteiger partial charge in [-0.15, -0.1) is 0 Å². The zero-order chi connectivity index (χ0) is 13.8. The SMILES string of the molecule is CCC1OCCC1C(Cc1cc(F)cc(F)c1)NC. The van der Waals surface area contributed by atoms with Crippen LogP contribution in [0.5, 0.6) is 0 Å². The van der Waals surface area contributed by atoms with Gasteiger partial charge in [-0.3, -0.25) is 0 Å². The predicted octanol–water partition coefficient (Wildman–Crippen LogP) is 2.91. The van der Waals surface area contributed by atoms with E-state index in [4.69, 9.17) is 4.74 Å². The van der Waals surface area contributed by atoms with Crippen molar-refractivity contribution < 1.29 is 13.5 Å². The van der Waals surface area contributed by atoms with E-state index >= 15 is 0 Å². The molecule has 1 heterocycles. The molecule has 0 amide bonds. The first-order valence-corrected chi connectivity index (χ1v) is 6.88. The lowest BCUT2D eigenvalue weighted by Gasteiger charge is -2.27. The van der Waals surface area contributed by atoms with Crippen LogP contribution in [0.15, 0.2) is 18.2 Å². The summed E-state index contributed by atoms with van der Waals surface area (Å²) in [6, 6.07) is 3.91. The molecule has 4 heteroatoms. The number of hydrogen-bond acceptors (Lipinski definition) is 2. The standard InChI is InChI=1S/C15H21F2NO/c1-3-15-13(4-5-19-15)14(18-2)8-10-6-11(16)9-12(17)7-10/h6-7,9,13-15,18H,3-5,8H2,1-2H3. The van der Waals surface area contributed by atoms with Crippen LogP contribution >= 0.6 is 0 Å². The fourth-order valence-corrected chi connectivity index (χ4v) is 3.00. The van der Waals surface area contributed by atoms with Gasteiger partial charge < -0.3 is 10.1 Å². The summed E-state index contributed by atoms with van der Waals surface area (Å²) in [4.78, 5) is 0. The van der Waals surface area contributed by atoms with Gasteiger partial charge in [0.05, 0.1) is 6.10 Å². The number of benzene rings is 1. The van der Waals surface area contributed by atoms with Crippen molar-refractivity contribution in [3.8, 4) is 0 Å². The van der Waals surface area contributed by atoms with E-state index in [-0.39, 0.29) is 12.1 Å². The topological polar surface area (TPSA) is 21.3 Å². The van der Waals surface area contributed by atoms with Crippen LogP contribution in [0.3, 0.4) is 0 Å². The fraction of sp³-hybridized carbons (Fsp3) is 0.600. The number of hydrogen-bond donors (Lipinski definition) is 1. The Morgan fingerprint density at radius 2 is 2.00 bits per heavy atom. The van der Waals surface area contributed by atoms with Crippen molar-refractivity contribution in [2.75, 3.05) is 13.7 Å². The monoisotopic (exact) mass is 269 g/mol. The summed E-state index contributed by atoms with van der Waals surface area (Å²) in [5.41, 5.74) is 0.693. The van der Waals surface area contributed by atoms with E-state index in [1.165, 1.54) is 12.1 Å². The zero-order valence-corrected chi connectivity index (χ0v) is 11.5. The molecule has 1 aromatic carbocycles. The molecule has 19 heavy (non-hydrogen) atoms. The second-order valence-electron chi connectivity index (χ2n) is 5.15. The number of likely N-dealkylation sites (N-methyl/N-ethyl adjacent to an activating group) is 1. The van der Waals surface area contributed by atoms with Crippen LogP contribution in [-0.4, -0.2) is 25.8 Å². The third-order valence-corrected chi connectivity index (χ3v) is 3.93. The summed E-state index contributed by atoms with van der Waals surface area (Å²) in [7, 11) is 1.89. The summed E-state index contributed by atoms with van der Waals surface area (Å²) >= 11 is 0. The van der Waals surface area contributed by atoms with Crippen LogP contribution in [0, 0.1) is 17.6 Å². The van der Waals surface area contributed by atoms with Crippen LogP contribution < -0.4 is 5.32 Å². The van der Waals surface area contributed by atoms with E-state index in [1.807, 2.05) is 7.05 Å². The molecule has 1 saturated heterocycles. The lowest BCUT2D eigenvalue weighted by molar-refractivity contribution is 0.0783. The highest BCUT2D eigenvalue weighted by atomic mass is 19.1. The molecule has 3 atom stereocenters. The van der Waals surface area contributed by atoms with E-state index in [2.05, 4.69) is 12.2 Å². The van der Waals surface area contributed by atoms with Crippen LogP contribution in [0.1, 0.15) is 25.3 Å². The van der Waals surface area contributed by atoms with Crippen molar-refractivity contribution in [2.24, 2.45) is 5.92 Å². The molecule has 1 aromatic rings. The third-order valence-electron chi connectivity index (χ3n) is 3.93. The average molecular weight is 269 g/mol. The summed E-state index contributed by atoms with van der Waals surface area (Å²) in [6.07, 6.45) is 2.84. The molecule has 0 radical (unpaired) electrons. The molecule has 0 saturated carbocycles. The highest BCUT2D eigenvalue weighted by Gasteiger charge is 2.32. The van der Waals surface area contributed by atoms with Gasteiger partial charge in [0.1, 0.15) is 11.6 Å². The molecule has 1 aliphatic rings. The van der Waals surface area contributed by atoms with Crippen molar-refractivity contribution in [1.29, 1.82) is 0 Å². The molecule has 1 N–H and O–H groups in total. The highest BCUT2D eigenvalue weighted by molar-refractivity contribution is 5.19. The molecule has 1 aliphatic heterocycles. The van der Waals surface area contributed by atoms with E-state index in [1.54, 1.807) is 0 Å². The summed E-state index contributed by atoms with van der Waals surface area (Å²) in [5.74, 6) is -0.625. The summed E-state index contributed by atoms with van der Waals surface area (Å²) < 4.78 is 32.1.